The van der Waals surface area contributed by atoms with E-state index >= 15 is 0 Å². The molecule has 0 saturated heterocycles. The van der Waals surface area contributed by atoms with Gasteiger partial charge in [-0.05, 0) is 49.4 Å². The van der Waals surface area contributed by atoms with Crippen molar-refractivity contribution in [3.05, 3.63) is 65.6 Å². The molecule has 3 heterocycles. The van der Waals surface area contributed by atoms with Gasteiger partial charge in [0, 0.05) is 18.6 Å². The molecule has 0 aliphatic heterocycles. The Morgan fingerprint density at radius 2 is 2.15 bits per heavy atom. The number of carbonyl (C=O) groups is 1. The van der Waals surface area contributed by atoms with Crippen molar-refractivity contribution in [3.63, 3.8) is 0 Å². The smallest absolute Gasteiger partial charge is 0.253 e. The monoisotopic (exact) mass is 359 g/mol. The predicted octanol–water partition coefficient (Wildman–Crippen LogP) is 2.30. The highest BCUT2D eigenvalue weighted by atomic mass is 16.1. The van der Waals surface area contributed by atoms with Crippen LogP contribution in [0.25, 0.3) is 5.82 Å². The summed E-state index contributed by atoms with van der Waals surface area (Å²) in [6, 6.07) is 6.89. The second kappa shape index (κ2) is 6.96. The van der Waals surface area contributed by atoms with Crippen molar-refractivity contribution >= 4 is 5.91 Å². The van der Waals surface area contributed by atoms with Gasteiger partial charge < -0.3 is 5.32 Å². The number of nitrogens with zero attached hydrogens (tertiary/aromatic N) is 6. The molecule has 1 fully saturated rings. The fourth-order valence-electron chi connectivity index (χ4n) is 2.87. The van der Waals surface area contributed by atoms with Crippen LogP contribution < -0.4 is 5.32 Å². The van der Waals surface area contributed by atoms with Gasteiger partial charge in [-0.1, -0.05) is 0 Å². The van der Waals surface area contributed by atoms with Gasteiger partial charge >= 0.3 is 0 Å². The van der Waals surface area contributed by atoms with Crippen molar-refractivity contribution in [3.8, 4) is 11.9 Å². The molecule has 3 aromatic rings. The number of pyridine rings is 2. The van der Waals surface area contributed by atoms with Gasteiger partial charge in [0.05, 0.1) is 17.2 Å². The second-order valence-electron chi connectivity index (χ2n) is 6.52. The van der Waals surface area contributed by atoms with E-state index in [1.54, 1.807) is 23.0 Å². The number of nitriles is 1. The zero-order valence-electron chi connectivity index (χ0n) is 14.7. The van der Waals surface area contributed by atoms with Crippen molar-refractivity contribution in [2.75, 3.05) is 0 Å². The third-order valence-corrected chi connectivity index (χ3v) is 4.47. The Bertz CT molecular complexity index is 1020. The number of hydrogen-bond donors (Lipinski definition) is 1. The van der Waals surface area contributed by atoms with E-state index in [-0.39, 0.29) is 11.9 Å². The van der Waals surface area contributed by atoms with Crippen LogP contribution in [0.5, 0.6) is 0 Å². The summed E-state index contributed by atoms with van der Waals surface area (Å²) in [5.41, 5.74) is 2.11. The first-order valence-electron chi connectivity index (χ1n) is 8.68. The largest absolute Gasteiger partial charge is 0.342 e. The molecule has 1 N–H and O–H groups in total. The lowest BCUT2D eigenvalue weighted by molar-refractivity contribution is 0.0937. The lowest BCUT2D eigenvalue weighted by Crippen LogP contribution is -2.29. The lowest BCUT2D eigenvalue weighted by Gasteiger charge is -2.14. The molecule has 0 spiro atoms. The maximum atomic E-state index is 12.6. The van der Waals surface area contributed by atoms with Gasteiger partial charge in [0.2, 0.25) is 0 Å². The summed E-state index contributed by atoms with van der Waals surface area (Å²) in [6.45, 7) is 1.83. The molecule has 0 bridgehead atoms. The first kappa shape index (κ1) is 16.8. The van der Waals surface area contributed by atoms with Gasteiger partial charge in [0.25, 0.3) is 5.91 Å². The molecule has 8 nitrogen and oxygen atoms in total. The summed E-state index contributed by atoms with van der Waals surface area (Å²) < 4.78 is 1.55. The van der Waals surface area contributed by atoms with E-state index in [1.807, 2.05) is 25.3 Å². The second-order valence-corrected chi connectivity index (χ2v) is 6.52. The van der Waals surface area contributed by atoms with Crippen molar-refractivity contribution in [2.45, 2.75) is 31.7 Å². The number of nitrogens with one attached hydrogen (secondary N) is 1. The summed E-state index contributed by atoms with van der Waals surface area (Å²) in [5.74, 6) is 1.40. The van der Waals surface area contributed by atoms with Crippen LogP contribution in [0.2, 0.25) is 0 Å². The topological polar surface area (TPSA) is 109 Å². The van der Waals surface area contributed by atoms with Crippen LogP contribution in [0.4, 0.5) is 0 Å². The van der Waals surface area contributed by atoms with E-state index in [9.17, 15) is 4.79 Å². The molecule has 0 radical (unpaired) electrons. The van der Waals surface area contributed by atoms with Gasteiger partial charge in [0.1, 0.15) is 12.4 Å². The molecule has 1 amide bonds. The van der Waals surface area contributed by atoms with Gasteiger partial charge in [-0.25, -0.2) is 9.97 Å². The molecule has 0 unspecified atom stereocenters. The van der Waals surface area contributed by atoms with E-state index in [4.69, 9.17) is 5.26 Å². The summed E-state index contributed by atoms with van der Waals surface area (Å²) in [6.07, 6.45) is 8.59. The maximum absolute atomic E-state index is 12.6. The quantitative estimate of drug-likeness (QED) is 0.748. The minimum atomic E-state index is -0.387. The third-order valence-electron chi connectivity index (χ3n) is 4.47. The van der Waals surface area contributed by atoms with Crippen LogP contribution >= 0.6 is 0 Å². The fourth-order valence-corrected chi connectivity index (χ4v) is 2.87. The van der Waals surface area contributed by atoms with Gasteiger partial charge in [0.15, 0.2) is 11.6 Å². The molecule has 8 heteroatoms. The molecule has 3 aromatic heterocycles. The zero-order valence-corrected chi connectivity index (χ0v) is 14.7. The number of hydrogen-bond acceptors (Lipinski definition) is 6. The van der Waals surface area contributed by atoms with Crippen molar-refractivity contribution in [1.29, 1.82) is 5.26 Å². The molecular weight excluding hydrogens is 342 g/mol. The van der Waals surface area contributed by atoms with Gasteiger partial charge in [-0.2, -0.15) is 15.0 Å². The average molecular weight is 359 g/mol. The minimum Gasteiger partial charge on any atom is -0.342 e. The first-order chi connectivity index (χ1) is 13.2. The number of rotatable bonds is 5. The highest BCUT2D eigenvalue weighted by Crippen LogP contribution is 2.39. The molecule has 1 atom stereocenters. The lowest BCUT2D eigenvalue weighted by atomic mass is 10.1. The fraction of sp³-hybridized carbons (Fsp3) is 0.263. The number of aromatic nitrogens is 5. The molecule has 4 rings (SSSR count). The SMILES string of the molecule is C[C@H](NC(=O)c1cncc(C2CC2)c1)c1ncnn1-c1ccc(C#N)cn1. The van der Waals surface area contributed by atoms with Gasteiger partial charge in [-0.3, -0.25) is 9.78 Å². The van der Waals surface area contributed by atoms with E-state index in [0.29, 0.717) is 28.7 Å². The zero-order chi connectivity index (χ0) is 18.8. The molecule has 134 valence electrons. The van der Waals surface area contributed by atoms with E-state index in [2.05, 4.69) is 25.4 Å². The Morgan fingerprint density at radius 3 is 2.85 bits per heavy atom. The summed E-state index contributed by atoms with van der Waals surface area (Å²) in [4.78, 5) is 25.3. The Labute approximate surface area is 155 Å². The first-order valence-corrected chi connectivity index (χ1v) is 8.68. The third kappa shape index (κ3) is 3.53. The molecule has 1 aliphatic rings. The predicted molar refractivity (Wildman–Crippen MR) is 96.0 cm³/mol. The molecule has 27 heavy (non-hydrogen) atoms. The van der Waals surface area contributed by atoms with Crippen molar-refractivity contribution in [1.82, 2.24) is 30.0 Å². The molecule has 1 aliphatic carbocycles. The van der Waals surface area contributed by atoms with Gasteiger partial charge in [-0.15, -0.1) is 0 Å². The summed E-state index contributed by atoms with van der Waals surface area (Å²) in [7, 11) is 0. The van der Waals surface area contributed by atoms with E-state index in [0.717, 1.165) is 18.4 Å². The van der Waals surface area contributed by atoms with Crippen molar-refractivity contribution in [2.24, 2.45) is 0 Å². The van der Waals surface area contributed by atoms with Crippen LogP contribution in [0.15, 0.2) is 43.1 Å². The average Bonchev–Trinajstić information content (AvgIpc) is 3.44. The Morgan fingerprint density at radius 1 is 1.30 bits per heavy atom. The Kier molecular flexibility index (Phi) is 4.34. The van der Waals surface area contributed by atoms with Crippen LogP contribution in [0.3, 0.4) is 0 Å². The number of amides is 1. The highest BCUT2D eigenvalue weighted by molar-refractivity contribution is 5.94. The van der Waals surface area contributed by atoms with Crippen LogP contribution in [-0.4, -0.2) is 30.6 Å². The highest BCUT2D eigenvalue weighted by Gasteiger charge is 2.25. The number of carbonyl (C=O) groups excluding carboxylic acids is 1. The van der Waals surface area contributed by atoms with Crippen LogP contribution in [0.1, 0.15) is 59.0 Å². The minimum absolute atomic E-state index is 0.208. The van der Waals surface area contributed by atoms with Crippen LogP contribution in [-0.2, 0) is 0 Å². The standard InChI is InChI=1S/C19H17N7O/c1-12(25-19(27)16-6-15(9-21-10-16)14-3-4-14)18-23-11-24-26(18)17-5-2-13(7-20)8-22-17/h2,5-6,8-12,14H,3-4H2,1H3,(H,25,27)/t12-/m0/s1. The van der Waals surface area contributed by atoms with Crippen molar-refractivity contribution < 1.29 is 4.79 Å². The van der Waals surface area contributed by atoms with Crippen LogP contribution in [0, 0.1) is 11.3 Å². The van der Waals surface area contributed by atoms with E-state index < -0.39 is 0 Å². The molecule has 0 aromatic carbocycles. The summed E-state index contributed by atoms with van der Waals surface area (Å²) >= 11 is 0. The Hall–Kier alpha value is -3.60. The molecular formula is C19H17N7O. The van der Waals surface area contributed by atoms with E-state index in [1.165, 1.54) is 12.5 Å². The Balaban J connectivity index is 1.52. The maximum Gasteiger partial charge on any atom is 0.253 e. The molecule has 1 saturated carbocycles. The normalized spacial score (nSPS) is 14.4. The summed E-state index contributed by atoms with van der Waals surface area (Å²) in [5, 5.41) is 16.0.